The van der Waals surface area contributed by atoms with Crippen molar-refractivity contribution in [3.63, 3.8) is 0 Å². The molecule has 3 N–H and O–H groups in total. The van der Waals surface area contributed by atoms with E-state index in [4.69, 9.17) is 4.74 Å². The van der Waals surface area contributed by atoms with Gasteiger partial charge >= 0.3 is 0 Å². The molecule has 6 heteroatoms. The zero-order valence-electron chi connectivity index (χ0n) is 16.8. The van der Waals surface area contributed by atoms with E-state index >= 15 is 0 Å². The number of ether oxygens (including phenoxy) is 1. The van der Waals surface area contributed by atoms with Gasteiger partial charge in [-0.15, -0.1) is 0 Å². The van der Waals surface area contributed by atoms with Gasteiger partial charge < -0.3 is 20.3 Å². The summed E-state index contributed by atoms with van der Waals surface area (Å²) in [5.41, 5.74) is 1.81. The quantitative estimate of drug-likeness (QED) is 0.583. The third-order valence-electron chi connectivity index (χ3n) is 4.59. The molecule has 0 fully saturated rings. The number of carbonyl (C=O) groups excluding carboxylic acids is 2. The summed E-state index contributed by atoms with van der Waals surface area (Å²) in [6.45, 7) is 7.76. The lowest BCUT2D eigenvalue weighted by atomic mass is 10.2. The highest BCUT2D eigenvalue weighted by molar-refractivity contribution is 5.93. The van der Waals surface area contributed by atoms with Crippen LogP contribution in [-0.2, 0) is 16.2 Å². The highest BCUT2D eigenvalue weighted by atomic mass is 16.5. The summed E-state index contributed by atoms with van der Waals surface area (Å²) >= 11 is 0. The molecule has 2 aromatic rings. The first-order valence-corrected chi connectivity index (χ1v) is 9.72. The number of likely N-dealkylation sites (N-methyl/N-ethyl adjacent to an activating group) is 2. The van der Waals surface area contributed by atoms with Crippen molar-refractivity contribution in [2.45, 2.75) is 33.4 Å². The number of nitrogens with one attached hydrogen (secondary N) is 3. The van der Waals surface area contributed by atoms with Crippen LogP contribution in [0.4, 0.5) is 5.69 Å². The maximum absolute atomic E-state index is 12.6. The van der Waals surface area contributed by atoms with Gasteiger partial charge in [0.1, 0.15) is 12.4 Å². The van der Waals surface area contributed by atoms with Crippen LogP contribution in [0.15, 0.2) is 54.6 Å². The largest absolute Gasteiger partial charge is 0.489 e. The average molecular weight is 385 g/mol. The molecule has 2 aromatic carbocycles. The fourth-order valence-corrected chi connectivity index (χ4v) is 2.86. The van der Waals surface area contributed by atoms with Gasteiger partial charge in [-0.3, -0.25) is 9.59 Å². The zero-order valence-corrected chi connectivity index (χ0v) is 16.8. The van der Waals surface area contributed by atoms with Crippen LogP contribution in [0.5, 0.6) is 5.75 Å². The molecule has 2 atom stereocenters. The predicted octanol–water partition coefficient (Wildman–Crippen LogP) is 1.63. The van der Waals surface area contributed by atoms with Gasteiger partial charge in [-0.25, -0.2) is 0 Å². The van der Waals surface area contributed by atoms with E-state index < -0.39 is 0 Å². The van der Waals surface area contributed by atoms with Gasteiger partial charge in [0.2, 0.25) is 0 Å². The molecule has 0 aliphatic heterocycles. The Kier molecular flexibility index (Phi) is 8.49. The van der Waals surface area contributed by atoms with Gasteiger partial charge in [0.25, 0.3) is 11.8 Å². The standard InChI is InChI=1S/C22H29N3O3/c1-4-23-21(26)15-25(5-2)17(3)22(27)24-19-11-13-20(14-12-19)28-16-18-9-7-6-8-10-18/h6-14,17H,4-5,15-16H2,1-3H3,(H,23,26)(H,24,27)/p+1/t17-/m0/s1. The van der Waals surface area contributed by atoms with Crippen molar-refractivity contribution in [1.82, 2.24) is 5.32 Å². The monoisotopic (exact) mass is 384 g/mol. The van der Waals surface area contributed by atoms with Crippen molar-refractivity contribution in [2.24, 2.45) is 0 Å². The molecule has 0 bridgehead atoms. The minimum Gasteiger partial charge on any atom is -0.489 e. The first kappa shape index (κ1) is 21.4. The van der Waals surface area contributed by atoms with Crippen LogP contribution in [-0.4, -0.2) is 37.5 Å². The van der Waals surface area contributed by atoms with Gasteiger partial charge in [0.05, 0.1) is 6.54 Å². The number of quaternary nitrogens is 1. The molecule has 0 spiro atoms. The van der Waals surface area contributed by atoms with Crippen molar-refractivity contribution in [1.29, 1.82) is 0 Å². The number of anilines is 1. The number of carbonyl (C=O) groups is 2. The first-order valence-electron chi connectivity index (χ1n) is 9.72. The maximum atomic E-state index is 12.6. The second-order valence-corrected chi connectivity index (χ2v) is 6.65. The van der Waals surface area contributed by atoms with E-state index in [2.05, 4.69) is 10.6 Å². The van der Waals surface area contributed by atoms with Gasteiger partial charge in [0, 0.05) is 12.2 Å². The van der Waals surface area contributed by atoms with Crippen molar-refractivity contribution in [3.8, 4) is 5.75 Å². The summed E-state index contributed by atoms with van der Waals surface area (Å²) in [6, 6.07) is 16.9. The number of amides is 2. The van der Waals surface area contributed by atoms with E-state index in [0.717, 1.165) is 16.2 Å². The van der Waals surface area contributed by atoms with Crippen molar-refractivity contribution in [3.05, 3.63) is 60.2 Å². The molecular formula is C22H30N3O3+. The average Bonchev–Trinajstić information content (AvgIpc) is 2.72. The van der Waals surface area contributed by atoms with Crippen molar-refractivity contribution >= 4 is 17.5 Å². The molecule has 0 heterocycles. The Balaban J connectivity index is 1.87. The van der Waals surface area contributed by atoms with Crippen LogP contribution in [0.25, 0.3) is 0 Å². The Bertz CT molecular complexity index is 747. The lowest BCUT2D eigenvalue weighted by Crippen LogP contribution is -3.17. The third-order valence-corrected chi connectivity index (χ3v) is 4.59. The van der Waals surface area contributed by atoms with Crippen LogP contribution in [0.3, 0.4) is 0 Å². The molecule has 2 amide bonds. The lowest BCUT2D eigenvalue weighted by Gasteiger charge is -2.23. The molecule has 0 radical (unpaired) electrons. The zero-order chi connectivity index (χ0) is 20.4. The summed E-state index contributed by atoms with van der Waals surface area (Å²) in [7, 11) is 0. The molecule has 150 valence electrons. The molecular weight excluding hydrogens is 354 g/mol. The molecule has 28 heavy (non-hydrogen) atoms. The molecule has 0 saturated heterocycles. The Morgan fingerprint density at radius 3 is 2.32 bits per heavy atom. The molecule has 0 aromatic heterocycles. The number of hydrogen-bond donors (Lipinski definition) is 3. The van der Waals surface area contributed by atoms with E-state index in [0.29, 0.717) is 25.4 Å². The SMILES string of the molecule is CCNC(=O)C[NH+](CC)[C@@H](C)C(=O)Nc1ccc(OCc2ccccc2)cc1. The highest BCUT2D eigenvalue weighted by Gasteiger charge is 2.25. The van der Waals surface area contributed by atoms with E-state index in [1.165, 1.54) is 0 Å². The van der Waals surface area contributed by atoms with Crippen LogP contribution < -0.4 is 20.3 Å². The number of hydrogen-bond acceptors (Lipinski definition) is 3. The van der Waals surface area contributed by atoms with E-state index in [9.17, 15) is 9.59 Å². The Morgan fingerprint density at radius 2 is 1.71 bits per heavy atom. The summed E-state index contributed by atoms with van der Waals surface area (Å²) in [5, 5.41) is 5.69. The summed E-state index contributed by atoms with van der Waals surface area (Å²) < 4.78 is 5.76. The van der Waals surface area contributed by atoms with E-state index in [1.807, 2.05) is 75.4 Å². The molecule has 0 aliphatic rings. The van der Waals surface area contributed by atoms with Crippen molar-refractivity contribution in [2.75, 3.05) is 25.0 Å². The predicted molar refractivity (Wildman–Crippen MR) is 110 cm³/mol. The fourth-order valence-electron chi connectivity index (χ4n) is 2.86. The summed E-state index contributed by atoms with van der Waals surface area (Å²) in [4.78, 5) is 25.3. The van der Waals surface area contributed by atoms with Gasteiger partial charge in [-0.1, -0.05) is 30.3 Å². The molecule has 1 unspecified atom stereocenters. The van der Waals surface area contributed by atoms with Gasteiger partial charge in [-0.2, -0.15) is 0 Å². The van der Waals surface area contributed by atoms with Crippen molar-refractivity contribution < 1.29 is 19.2 Å². The first-order chi connectivity index (χ1) is 13.5. The topological polar surface area (TPSA) is 71.9 Å². The second kappa shape index (κ2) is 11.1. The number of benzene rings is 2. The van der Waals surface area contributed by atoms with Gasteiger partial charge in [-0.05, 0) is 50.6 Å². The van der Waals surface area contributed by atoms with Crippen LogP contribution in [0, 0.1) is 0 Å². The van der Waals surface area contributed by atoms with Gasteiger partial charge in [0.15, 0.2) is 12.6 Å². The molecule has 6 nitrogen and oxygen atoms in total. The molecule has 0 saturated carbocycles. The lowest BCUT2D eigenvalue weighted by molar-refractivity contribution is -0.904. The summed E-state index contributed by atoms with van der Waals surface area (Å²) in [6.07, 6.45) is 0. The maximum Gasteiger partial charge on any atom is 0.282 e. The van der Waals surface area contributed by atoms with Crippen LogP contribution >= 0.6 is 0 Å². The Hall–Kier alpha value is -2.86. The molecule has 0 aliphatic carbocycles. The third kappa shape index (κ3) is 6.70. The minimum absolute atomic E-state index is 0.0427. The fraction of sp³-hybridized carbons (Fsp3) is 0.364. The van der Waals surface area contributed by atoms with E-state index in [-0.39, 0.29) is 24.4 Å². The summed E-state index contributed by atoms with van der Waals surface area (Å²) in [5.74, 6) is 0.588. The molecule has 2 rings (SSSR count). The second-order valence-electron chi connectivity index (χ2n) is 6.65. The minimum atomic E-state index is -0.332. The highest BCUT2D eigenvalue weighted by Crippen LogP contribution is 2.17. The Labute approximate surface area is 166 Å². The van der Waals surface area contributed by atoms with Crippen LogP contribution in [0.2, 0.25) is 0 Å². The van der Waals surface area contributed by atoms with E-state index in [1.54, 1.807) is 0 Å². The Morgan fingerprint density at radius 1 is 1.04 bits per heavy atom. The van der Waals surface area contributed by atoms with Crippen LogP contribution in [0.1, 0.15) is 26.3 Å². The number of rotatable bonds is 10. The normalized spacial score (nSPS) is 12.7. The smallest absolute Gasteiger partial charge is 0.282 e.